The summed E-state index contributed by atoms with van der Waals surface area (Å²) in [6, 6.07) is 3.81. The predicted octanol–water partition coefficient (Wildman–Crippen LogP) is 3.73. The molecular weight excluding hydrogens is 382 g/mol. The monoisotopic (exact) mass is 403 g/mol. The molecule has 9 heteroatoms. The van der Waals surface area contributed by atoms with Crippen LogP contribution >= 0.6 is 23.1 Å². The Morgan fingerprint density at radius 3 is 2.96 bits per heavy atom. The van der Waals surface area contributed by atoms with Gasteiger partial charge in [0.25, 0.3) is 5.56 Å². The van der Waals surface area contributed by atoms with E-state index in [1.54, 1.807) is 6.07 Å². The van der Waals surface area contributed by atoms with Gasteiger partial charge in [-0.25, -0.2) is 4.98 Å². The van der Waals surface area contributed by atoms with Crippen LogP contribution < -0.4 is 10.9 Å². The number of H-pyrrole nitrogens is 1. The lowest BCUT2D eigenvalue weighted by molar-refractivity contribution is -0.113. The van der Waals surface area contributed by atoms with E-state index < -0.39 is 0 Å². The molecule has 3 aromatic rings. The first kappa shape index (κ1) is 18.2. The molecule has 142 valence electrons. The Labute approximate surface area is 164 Å². The highest BCUT2D eigenvalue weighted by Gasteiger charge is 2.23. The van der Waals surface area contributed by atoms with Gasteiger partial charge in [0.05, 0.1) is 11.3 Å². The van der Waals surface area contributed by atoms with E-state index in [9.17, 15) is 9.59 Å². The number of anilines is 1. The second kappa shape index (κ2) is 7.85. The van der Waals surface area contributed by atoms with Crippen LogP contribution in [0.15, 0.2) is 27.5 Å². The Balaban J connectivity index is 1.57. The summed E-state index contributed by atoms with van der Waals surface area (Å²) in [7, 11) is 0. The Hall–Kier alpha value is -2.13. The van der Waals surface area contributed by atoms with Crippen LogP contribution in [-0.4, -0.2) is 31.4 Å². The minimum atomic E-state index is -0.165. The number of aromatic amines is 1. The van der Waals surface area contributed by atoms with Crippen LogP contribution in [0.4, 0.5) is 5.82 Å². The van der Waals surface area contributed by atoms with Crippen LogP contribution in [-0.2, 0) is 4.79 Å². The number of hydrogen-bond acceptors (Lipinski definition) is 6. The molecule has 1 fully saturated rings. The summed E-state index contributed by atoms with van der Waals surface area (Å²) in [6.07, 6.45) is 5.45. The van der Waals surface area contributed by atoms with E-state index >= 15 is 0 Å². The van der Waals surface area contributed by atoms with E-state index in [0.29, 0.717) is 21.2 Å². The maximum Gasteiger partial charge on any atom is 0.272 e. The fourth-order valence-electron chi connectivity index (χ4n) is 3.46. The number of aryl methyl sites for hydroxylation is 1. The Kier molecular flexibility index (Phi) is 5.31. The van der Waals surface area contributed by atoms with Crippen LogP contribution in [0, 0.1) is 6.92 Å². The molecule has 0 unspecified atom stereocenters. The van der Waals surface area contributed by atoms with Crippen molar-refractivity contribution in [2.75, 3.05) is 11.1 Å². The molecule has 4 rings (SSSR count). The minimum absolute atomic E-state index is 0.0211. The molecule has 7 nitrogen and oxygen atoms in total. The van der Waals surface area contributed by atoms with Gasteiger partial charge in [0.15, 0.2) is 11.0 Å². The number of amides is 1. The number of rotatable bonds is 5. The van der Waals surface area contributed by atoms with E-state index in [0.717, 1.165) is 31.4 Å². The predicted molar refractivity (Wildman–Crippen MR) is 109 cm³/mol. The summed E-state index contributed by atoms with van der Waals surface area (Å²) >= 11 is 2.75. The highest BCUT2D eigenvalue weighted by Crippen LogP contribution is 2.31. The average Bonchev–Trinajstić information content (AvgIpc) is 3.30. The number of thiophene rings is 1. The van der Waals surface area contributed by atoms with Gasteiger partial charge in [-0.15, -0.1) is 11.3 Å². The quantitative estimate of drug-likeness (QED) is 0.500. The Bertz CT molecular complexity index is 1020. The highest BCUT2D eigenvalue weighted by molar-refractivity contribution is 7.99. The van der Waals surface area contributed by atoms with Crippen molar-refractivity contribution in [1.82, 2.24) is 19.7 Å². The van der Waals surface area contributed by atoms with E-state index in [1.807, 2.05) is 22.9 Å². The van der Waals surface area contributed by atoms with E-state index in [2.05, 4.69) is 20.5 Å². The van der Waals surface area contributed by atoms with Crippen molar-refractivity contribution in [3.8, 4) is 0 Å². The maximum atomic E-state index is 13.1. The summed E-state index contributed by atoms with van der Waals surface area (Å²) < 4.78 is 2.52. The first-order valence-corrected chi connectivity index (χ1v) is 10.9. The lowest BCUT2D eigenvalue weighted by Gasteiger charge is -2.25. The van der Waals surface area contributed by atoms with Gasteiger partial charge in [0, 0.05) is 17.8 Å². The molecule has 1 aliphatic rings. The number of hydrogen-bond donors (Lipinski definition) is 2. The molecule has 0 spiro atoms. The van der Waals surface area contributed by atoms with Gasteiger partial charge in [-0.2, -0.15) is 5.10 Å². The molecule has 0 bridgehead atoms. The maximum absolute atomic E-state index is 13.1. The lowest BCUT2D eigenvalue weighted by Crippen LogP contribution is -2.29. The van der Waals surface area contributed by atoms with Crippen molar-refractivity contribution >= 4 is 45.0 Å². The average molecular weight is 404 g/mol. The summed E-state index contributed by atoms with van der Waals surface area (Å²) in [5.74, 6) is 0.520. The third-order valence-electron chi connectivity index (χ3n) is 4.73. The van der Waals surface area contributed by atoms with E-state index in [1.165, 1.54) is 29.5 Å². The van der Waals surface area contributed by atoms with E-state index in [4.69, 9.17) is 0 Å². The smallest absolute Gasteiger partial charge is 0.272 e. The molecule has 0 saturated heterocycles. The van der Waals surface area contributed by atoms with E-state index in [-0.39, 0.29) is 23.3 Å². The fraction of sp³-hybridized carbons (Fsp3) is 0.444. The van der Waals surface area contributed by atoms with Crippen molar-refractivity contribution in [3.05, 3.63) is 33.6 Å². The van der Waals surface area contributed by atoms with Crippen LogP contribution in [0.3, 0.4) is 0 Å². The van der Waals surface area contributed by atoms with Crippen LogP contribution in [0.2, 0.25) is 0 Å². The summed E-state index contributed by atoms with van der Waals surface area (Å²) in [4.78, 5) is 30.0. The summed E-state index contributed by atoms with van der Waals surface area (Å²) in [5.41, 5.74) is 1.62. The number of nitrogens with one attached hydrogen (secondary N) is 2. The standard InChI is InChI=1S/C18H21N5O2S2/c1-11-9-14(22-21-11)20-15(24)10-27-18-19-13-7-8-26-16(13)17(25)23(18)12-5-3-2-4-6-12/h7-9,12H,2-6,10H2,1H3,(H2,20,21,22,24). The van der Waals surface area contributed by atoms with Crippen molar-refractivity contribution in [2.45, 2.75) is 50.2 Å². The molecule has 0 aromatic carbocycles. The highest BCUT2D eigenvalue weighted by atomic mass is 32.2. The molecule has 1 aliphatic carbocycles. The fourth-order valence-corrected chi connectivity index (χ4v) is 5.09. The van der Waals surface area contributed by atoms with Gasteiger partial charge in [-0.1, -0.05) is 31.0 Å². The normalized spacial score (nSPS) is 15.3. The van der Waals surface area contributed by atoms with Gasteiger partial charge < -0.3 is 5.32 Å². The molecule has 27 heavy (non-hydrogen) atoms. The number of nitrogens with zero attached hydrogens (tertiary/aromatic N) is 3. The van der Waals surface area contributed by atoms with Crippen LogP contribution in [0.1, 0.15) is 43.8 Å². The van der Waals surface area contributed by atoms with Crippen LogP contribution in [0.5, 0.6) is 0 Å². The summed E-state index contributed by atoms with van der Waals surface area (Å²) in [6.45, 7) is 1.88. The zero-order chi connectivity index (χ0) is 18.8. The van der Waals surface area contributed by atoms with Crippen molar-refractivity contribution in [1.29, 1.82) is 0 Å². The third-order valence-corrected chi connectivity index (χ3v) is 6.57. The number of fused-ring (bicyclic) bond motifs is 1. The van der Waals surface area contributed by atoms with Gasteiger partial charge in [-0.05, 0) is 31.2 Å². The first-order valence-electron chi connectivity index (χ1n) is 9.06. The molecule has 3 heterocycles. The molecule has 0 radical (unpaired) electrons. The Morgan fingerprint density at radius 2 is 2.22 bits per heavy atom. The minimum Gasteiger partial charge on any atom is -0.308 e. The zero-order valence-electron chi connectivity index (χ0n) is 15.0. The van der Waals surface area contributed by atoms with Gasteiger partial charge in [-0.3, -0.25) is 19.3 Å². The molecule has 1 saturated carbocycles. The third kappa shape index (κ3) is 3.93. The van der Waals surface area contributed by atoms with Gasteiger partial charge in [0.2, 0.25) is 5.91 Å². The lowest BCUT2D eigenvalue weighted by atomic mass is 9.95. The number of carbonyl (C=O) groups is 1. The molecule has 0 atom stereocenters. The number of carbonyl (C=O) groups excluding carboxylic acids is 1. The van der Waals surface area contributed by atoms with Crippen molar-refractivity contribution in [3.63, 3.8) is 0 Å². The van der Waals surface area contributed by atoms with Gasteiger partial charge in [0.1, 0.15) is 4.70 Å². The Morgan fingerprint density at radius 1 is 1.41 bits per heavy atom. The second-order valence-corrected chi connectivity index (χ2v) is 8.63. The second-order valence-electron chi connectivity index (χ2n) is 6.77. The zero-order valence-corrected chi connectivity index (χ0v) is 16.7. The van der Waals surface area contributed by atoms with Crippen LogP contribution in [0.25, 0.3) is 10.2 Å². The molecule has 0 aliphatic heterocycles. The first-order chi connectivity index (χ1) is 13.1. The number of thioether (sulfide) groups is 1. The SMILES string of the molecule is Cc1cc(NC(=O)CSc2nc3ccsc3c(=O)n2C2CCCCC2)n[nH]1. The summed E-state index contributed by atoms with van der Waals surface area (Å²) in [5, 5.41) is 12.1. The molecular formula is C18H21N5O2S2. The van der Waals surface area contributed by atoms with Crippen molar-refractivity contribution < 1.29 is 4.79 Å². The molecule has 2 N–H and O–H groups in total. The van der Waals surface area contributed by atoms with Crippen molar-refractivity contribution in [2.24, 2.45) is 0 Å². The molecule has 3 aromatic heterocycles. The topological polar surface area (TPSA) is 92.7 Å². The van der Waals surface area contributed by atoms with Gasteiger partial charge >= 0.3 is 0 Å². The molecule has 1 amide bonds. The number of aromatic nitrogens is 4. The largest absolute Gasteiger partial charge is 0.308 e.